The van der Waals surface area contributed by atoms with Gasteiger partial charge in [-0.2, -0.15) is 0 Å². The van der Waals surface area contributed by atoms with Crippen LogP contribution < -0.4 is 19.9 Å². The average molecular weight is 405 g/mol. The van der Waals surface area contributed by atoms with Crippen molar-refractivity contribution in [3.8, 4) is 28.4 Å². The number of rotatable bonds is 6. The number of benzene rings is 3. The van der Waals surface area contributed by atoms with E-state index in [1.165, 1.54) is 0 Å². The van der Waals surface area contributed by atoms with Gasteiger partial charge in [0.25, 0.3) is 0 Å². The normalized spacial score (nSPS) is 14.9. The number of carbonyl (C=O) groups is 1. The summed E-state index contributed by atoms with van der Waals surface area (Å²) in [6.45, 7) is 0.788. The lowest BCUT2D eigenvalue weighted by atomic mass is 9.97. The molecule has 1 aliphatic rings. The Morgan fingerprint density at radius 3 is 2.77 bits per heavy atom. The first-order valence-electron chi connectivity index (χ1n) is 9.69. The van der Waals surface area contributed by atoms with Crippen LogP contribution in [0.3, 0.4) is 0 Å². The Morgan fingerprint density at radius 2 is 2.00 bits per heavy atom. The van der Waals surface area contributed by atoms with Gasteiger partial charge in [0.05, 0.1) is 13.5 Å². The van der Waals surface area contributed by atoms with E-state index in [-0.39, 0.29) is 12.5 Å². The number of fused-ring (bicyclic) bond motifs is 1. The summed E-state index contributed by atoms with van der Waals surface area (Å²) in [6.07, 6.45) is -0.492. The molecule has 30 heavy (non-hydrogen) atoms. The molecule has 0 aromatic heterocycles. The number of methoxy groups -OCH3 is 1. The van der Waals surface area contributed by atoms with Crippen LogP contribution in [0.1, 0.15) is 22.8 Å². The lowest BCUT2D eigenvalue weighted by molar-refractivity contribution is -0.136. The monoisotopic (exact) mass is 405 g/mol. The number of nitrogens with two attached hydrogens (primary N) is 1. The van der Waals surface area contributed by atoms with Crippen LogP contribution in [-0.4, -0.2) is 24.8 Å². The summed E-state index contributed by atoms with van der Waals surface area (Å²) in [7, 11) is 1.64. The molecule has 1 heterocycles. The number of aliphatic carboxylic acids is 1. The number of carboxylic acids is 1. The summed E-state index contributed by atoms with van der Waals surface area (Å²) in [5.74, 6) is 0.880. The van der Waals surface area contributed by atoms with Crippen LogP contribution in [-0.2, 0) is 17.8 Å². The molecule has 1 aliphatic heterocycles. The van der Waals surface area contributed by atoms with Crippen molar-refractivity contribution in [1.29, 1.82) is 0 Å². The first kappa shape index (κ1) is 19.8. The van der Waals surface area contributed by atoms with Crippen molar-refractivity contribution in [2.24, 2.45) is 5.73 Å². The van der Waals surface area contributed by atoms with E-state index in [0.29, 0.717) is 30.2 Å². The van der Waals surface area contributed by atoms with Gasteiger partial charge in [-0.05, 0) is 41.0 Å². The third kappa shape index (κ3) is 3.95. The van der Waals surface area contributed by atoms with Gasteiger partial charge >= 0.3 is 5.97 Å². The van der Waals surface area contributed by atoms with E-state index < -0.39 is 5.97 Å². The summed E-state index contributed by atoms with van der Waals surface area (Å²) < 4.78 is 17.7. The van der Waals surface area contributed by atoms with Crippen LogP contribution in [0.4, 0.5) is 0 Å². The van der Waals surface area contributed by atoms with Gasteiger partial charge in [0.1, 0.15) is 12.4 Å². The van der Waals surface area contributed by atoms with Gasteiger partial charge < -0.3 is 25.1 Å². The maximum Gasteiger partial charge on any atom is 0.307 e. The largest absolute Gasteiger partial charge is 0.496 e. The van der Waals surface area contributed by atoms with Gasteiger partial charge in [0, 0.05) is 17.7 Å². The second kappa shape index (κ2) is 8.47. The van der Waals surface area contributed by atoms with Gasteiger partial charge in [-0.3, -0.25) is 4.79 Å². The minimum absolute atomic E-state index is 0.126. The molecule has 0 spiro atoms. The molecule has 3 N–H and O–H groups in total. The number of ether oxygens (including phenoxy) is 3. The zero-order valence-electron chi connectivity index (χ0n) is 16.6. The van der Waals surface area contributed by atoms with E-state index in [0.717, 1.165) is 28.0 Å². The molecule has 6 heteroatoms. The van der Waals surface area contributed by atoms with Crippen molar-refractivity contribution in [1.82, 2.24) is 0 Å². The lowest BCUT2D eigenvalue weighted by Gasteiger charge is -2.28. The highest BCUT2D eigenvalue weighted by Crippen LogP contribution is 2.41. The topological polar surface area (TPSA) is 91.0 Å². The van der Waals surface area contributed by atoms with Crippen molar-refractivity contribution in [2.75, 3.05) is 13.7 Å². The molecular formula is C24H23NO5. The second-order valence-corrected chi connectivity index (χ2v) is 7.10. The smallest absolute Gasteiger partial charge is 0.307 e. The molecule has 154 valence electrons. The van der Waals surface area contributed by atoms with Gasteiger partial charge in [0.15, 0.2) is 17.6 Å². The molecule has 6 nitrogen and oxygen atoms in total. The molecule has 1 unspecified atom stereocenters. The number of hydrogen-bond acceptors (Lipinski definition) is 5. The minimum atomic E-state index is -0.916. The fourth-order valence-electron chi connectivity index (χ4n) is 3.63. The first-order valence-corrected chi connectivity index (χ1v) is 9.69. The molecule has 0 bridgehead atoms. The van der Waals surface area contributed by atoms with E-state index in [1.807, 2.05) is 42.5 Å². The molecule has 0 saturated heterocycles. The molecule has 0 aliphatic carbocycles. The highest BCUT2D eigenvalue weighted by atomic mass is 16.6. The summed E-state index contributed by atoms with van der Waals surface area (Å²) in [6, 6.07) is 19.2. The van der Waals surface area contributed by atoms with Crippen LogP contribution >= 0.6 is 0 Å². The molecule has 4 rings (SSSR count). The van der Waals surface area contributed by atoms with E-state index >= 15 is 0 Å². The quantitative estimate of drug-likeness (QED) is 0.645. The molecular weight excluding hydrogens is 382 g/mol. The zero-order chi connectivity index (χ0) is 21.1. The van der Waals surface area contributed by atoms with E-state index in [1.54, 1.807) is 25.3 Å². The van der Waals surface area contributed by atoms with Crippen molar-refractivity contribution in [3.63, 3.8) is 0 Å². The third-order valence-electron chi connectivity index (χ3n) is 5.12. The highest BCUT2D eigenvalue weighted by Gasteiger charge is 2.26. The van der Waals surface area contributed by atoms with Gasteiger partial charge in [-0.15, -0.1) is 0 Å². The molecule has 0 amide bonds. The Morgan fingerprint density at radius 1 is 1.17 bits per heavy atom. The lowest BCUT2D eigenvalue weighted by Crippen LogP contribution is -2.23. The Kier molecular flexibility index (Phi) is 5.59. The van der Waals surface area contributed by atoms with E-state index in [4.69, 9.17) is 19.9 Å². The minimum Gasteiger partial charge on any atom is -0.496 e. The van der Waals surface area contributed by atoms with Crippen LogP contribution in [0, 0.1) is 0 Å². The highest BCUT2D eigenvalue weighted by molar-refractivity contribution is 5.73. The molecule has 0 fully saturated rings. The Balaban J connectivity index is 1.70. The fourth-order valence-corrected chi connectivity index (χ4v) is 3.63. The predicted molar refractivity (Wildman–Crippen MR) is 113 cm³/mol. The van der Waals surface area contributed by atoms with Crippen LogP contribution in [0.5, 0.6) is 17.2 Å². The van der Waals surface area contributed by atoms with Crippen LogP contribution in [0.25, 0.3) is 11.1 Å². The van der Waals surface area contributed by atoms with Gasteiger partial charge in [-0.1, -0.05) is 36.4 Å². The Hall–Kier alpha value is -3.51. The van der Waals surface area contributed by atoms with Crippen molar-refractivity contribution >= 4 is 5.97 Å². The standard InChI is InChI=1S/C24H23NO5/c1-28-20-9-8-17(11-19(20)16-5-2-4-15(10-16)13-25)22-14-29-21-7-3-6-18(12-23(26)27)24(21)30-22/h2-11,22H,12-14,25H2,1H3,(H,26,27). The van der Waals surface area contributed by atoms with Crippen LogP contribution in [0.15, 0.2) is 60.7 Å². The maximum absolute atomic E-state index is 11.2. The zero-order valence-corrected chi connectivity index (χ0v) is 16.6. The third-order valence-corrected chi connectivity index (χ3v) is 5.12. The van der Waals surface area contributed by atoms with Crippen molar-refractivity contribution in [3.05, 3.63) is 77.4 Å². The summed E-state index contributed by atoms with van der Waals surface area (Å²) >= 11 is 0. The van der Waals surface area contributed by atoms with Gasteiger partial charge in [-0.25, -0.2) is 0 Å². The van der Waals surface area contributed by atoms with Crippen molar-refractivity contribution in [2.45, 2.75) is 19.1 Å². The average Bonchev–Trinajstić information content (AvgIpc) is 2.78. The molecule has 0 radical (unpaired) electrons. The summed E-state index contributed by atoms with van der Waals surface area (Å²) in [5.41, 5.74) is 10.3. The molecule has 3 aromatic carbocycles. The van der Waals surface area contributed by atoms with E-state index in [2.05, 4.69) is 0 Å². The fraction of sp³-hybridized carbons (Fsp3) is 0.208. The Labute approximate surface area is 174 Å². The second-order valence-electron chi connectivity index (χ2n) is 7.10. The predicted octanol–water partition coefficient (Wildman–Crippen LogP) is 3.96. The molecule has 1 atom stereocenters. The molecule has 3 aromatic rings. The maximum atomic E-state index is 11.2. The van der Waals surface area contributed by atoms with E-state index in [9.17, 15) is 9.90 Å². The molecule has 0 saturated carbocycles. The van der Waals surface area contributed by atoms with Crippen LogP contribution in [0.2, 0.25) is 0 Å². The van der Waals surface area contributed by atoms with Gasteiger partial charge in [0.2, 0.25) is 0 Å². The number of para-hydroxylation sites is 1. The Bertz CT molecular complexity index is 1080. The number of hydrogen-bond donors (Lipinski definition) is 2. The first-order chi connectivity index (χ1) is 14.6. The summed E-state index contributed by atoms with van der Waals surface area (Å²) in [4.78, 5) is 11.2. The SMILES string of the molecule is COc1ccc(C2COc3cccc(CC(=O)O)c3O2)cc1-c1cccc(CN)c1. The number of carboxylic acid groups (broad SMARTS) is 1. The summed E-state index contributed by atoms with van der Waals surface area (Å²) in [5, 5.41) is 9.20. The van der Waals surface area contributed by atoms with Crippen molar-refractivity contribution < 1.29 is 24.1 Å².